The number of rotatable bonds is 5. The molecule has 1 amide bonds. The number of halogens is 1. The number of para-hydroxylation sites is 1. The SMILES string of the molecule is CCN(c1ccccc1)c1ccc(Cl)cc1NC(=O)C1CCN(C)CC1. The monoisotopic (exact) mass is 371 g/mol. The molecule has 0 radical (unpaired) electrons. The molecule has 0 unspecified atom stereocenters. The lowest BCUT2D eigenvalue weighted by Gasteiger charge is -2.29. The van der Waals surface area contributed by atoms with Gasteiger partial charge >= 0.3 is 0 Å². The van der Waals surface area contributed by atoms with Crippen LogP contribution in [0.5, 0.6) is 0 Å². The number of nitrogens with one attached hydrogen (secondary N) is 1. The third kappa shape index (κ3) is 4.37. The first-order chi connectivity index (χ1) is 12.6. The van der Waals surface area contributed by atoms with Gasteiger partial charge < -0.3 is 15.1 Å². The summed E-state index contributed by atoms with van der Waals surface area (Å²) in [4.78, 5) is 17.2. The van der Waals surface area contributed by atoms with Crippen LogP contribution >= 0.6 is 11.6 Å². The third-order valence-corrected chi connectivity index (χ3v) is 5.22. The molecule has 1 N–H and O–H groups in total. The number of hydrogen-bond donors (Lipinski definition) is 1. The van der Waals surface area contributed by atoms with Crippen molar-refractivity contribution in [1.29, 1.82) is 0 Å². The molecule has 3 rings (SSSR count). The average Bonchev–Trinajstić information content (AvgIpc) is 2.65. The Labute approximate surface area is 160 Å². The zero-order valence-electron chi connectivity index (χ0n) is 15.4. The molecular weight excluding hydrogens is 346 g/mol. The normalized spacial score (nSPS) is 15.7. The maximum Gasteiger partial charge on any atom is 0.227 e. The molecule has 0 aromatic heterocycles. The van der Waals surface area contributed by atoms with Crippen LogP contribution in [0, 0.1) is 5.92 Å². The van der Waals surface area contributed by atoms with Crippen LogP contribution in [0.25, 0.3) is 0 Å². The minimum Gasteiger partial charge on any atom is -0.340 e. The van der Waals surface area contributed by atoms with Gasteiger partial charge in [-0.25, -0.2) is 0 Å². The van der Waals surface area contributed by atoms with Gasteiger partial charge in [-0.15, -0.1) is 0 Å². The van der Waals surface area contributed by atoms with Crippen molar-refractivity contribution < 1.29 is 4.79 Å². The van der Waals surface area contributed by atoms with Gasteiger partial charge in [-0.2, -0.15) is 0 Å². The van der Waals surface area contributed by atoms with Gasteiger partial charge in [0.05, 0.1) is 11.4 Å². The van der Waals surface area contributed by atoms with Crippen LogP contribution in [0.4, 0.5) is 17.1 Å². The zero-order valence-corrected chi connectivity index (χ0v) is 16.2. The van der Waals surface area contributed by atoms with Crippen LogP contribution in [0.2, 0.25) is 5.02 Å². The molecule has 1 fully saturated rings. The van der Waals surface area contributed by atoms with Crippen LogP contribution in [0.1, 0.15) is 19.8 Å². The van der Waals surface area contributed by atoms with E-state index in [4.69, 9.17) is 11.6 Å². The molecule has 0 bridgehead atoms. The number of carbonyl (C=O) groups excluding carboxylic acids is 1. The van der Waals surface area contributed by atoms with Crippen LogP contribution in [-0.2, 0) is 4.79 Å². The van der Waals surface area contributed by atoms with Gasteiger partial charge in [0.1, 0.15) is 0 Å². The fourth-order valence-corrected chi connectivity index (χ4v) is 3.62. The predicted octanol–water partition coefficient (Wildman–Crippen LogP) is 4.78. The van der Waals surface area contributed by atoms with Crippen molar-refractivity contribution in [3.05, 3.63) is 53.6 Å². The van der Waals surface area contributed by atoms with Gasteiger partial charge in [-0.05, 0) is 70.2 Å². The number of piperidine rings is 1. The van der Waals surface area contributed by atoms with Crippen LogP contribution < -0.4 is 10.2 Å². The summed E-state index contributed by atoms with van der Waals surface area (Å²) >= 11 is 6.22. The molecule has 5 heteroatoms. The largest absolute Gasteiger partial charge is 0.340 e. The quantitative estimate of drug-likeness (QED) is 0.821. The van der Waals surface area contributed by atoms with Crippen molar-refractivity contribution >= 4 is 34.6 Å². The Balaban J connectivity index is 1.85. The third-order valence-electron chi connectivity index (χ3n) is 4.98. The molecule has 4 nitrogen and oxygen atoms in total. The lowest BCUT2D eigenvalue weighted by atomic mass is 9.96. The van der Waals surface area contributed by atoms with E-state index in [1.165, 1.54) is 0 Å². The molecule has 138 valence electrons. The Morgan fingerprint density at radius 3 is 2.54 bits per heavy atom. The summed E-state index contributed by atoms with van der Waals surface area (Å²) in [5, 5.41) is 3.76. The second kappa shape index (κ2) is 8.56. The minimum absolute atomic E-state index is 0.0600. The van der Waals surface area contributed by atoms with Crippen molar-refractivity contribution in [2.24, 2.45) is 5.92 Å². The predicted molar refractivity (Wildman–Crippen MR) is 109 cm³/mol. The molecule has 1 heterocycles. The second-order valence-corrected chi connectivity index (χ2v) is 7.24. The van der Waals surface area contributed by atoms with Crippen molar-refractivity contribution in [3.63, 3.8) is 0 Å². The Kier molecular flexibility index (Phi) is 6.17. The Morgan fingerprint density at radius 1 is 1.19 bits per heavy atom. The van der Waals surface area contributed by atoms with Crippen LogP contribution in [0.15, 0.2) is 48.5 Å². The van der Waals surface area contributed by atoms with Crippen molar-refractivity contribution in [1.82, 2.24) is 4.90 Å². The fourth-order valence-electron chi connectivity index (χ4n) is 3.45. The summed E-state index contributed by atoms with van der Waals surface area (Å²) in [6.45, 7) is 4.82. The minimum atomic E-state index is 0.0600. The molecule has 0 spiro atoms. The molecule has 1 aliphatic heterocycles. The number of amides is 1. The average molecular weight is 372 g/mol. The number of nitrogens with zero attached hydrogens (tertiary/aromatic N) is 2. The molecule has 1 aliphatic rings. The van der Waals surface area contributed by atoms with E-state index in [1.54, 1.807) is 0 Å². The summed E-state index contributed by atoms with van der Waals surface area (Å²) in [7, 11) is 2.10. The zero-order chi connectivity index (χ0) is 18.5. The number of benzene rings is 2. The van der Waals surface area contributed by atoms with Crippen LogP contribution in [-0.4, -0.2) is 37.5 Å². The van der Waals surface area contributed by atoms with Crippen molar-refractivity contribution in [3.8, 4) is 0 Å². The summed E-state index contributed by atoms with van der Waals surface area (Å²) < 4.78 is 0. The second-order valence-electron chi connectivity index (χ2n) is 6.81. The van der Waals surface area contributed by atoms with Crippen molar-refractivity contribution in [2.75, 3.05) is 36.9 Å². The highest BCUT2D eigenvalue weighted by molar-refractivity contribution is 6.31. The van der Waals surface area contributed by atoms with Gasteiger partial charge in [0.2, 0.25) is 5.91 Å². The molecule has 2 aromatic rings. The van der Waals surface area contributed by atoms with E-state index >= 15 is 0 Å². The summed E-state index contributed by atoms with van der Waals surface area (Å²) in [6.07, 6.45) is 1.79. The molecule has 2 aromatic carbocycles. The highest BCUT2D eigenvalue weighted by atomic mass is 35.5. The van der Waals surface area contributed by atoms with Crippen LogP contribution in [0.3, 0.4) is 0 Å². The summed E-state index contributed by atoms with van der Waals surface area (Å²) in [6, 6.07) is 15.9. The lowest BCUT2D eigenvalue weighted by Crippen LogP contribution is -2.36. The van der Waals surface area contributed by atoms with Gasteiger partial charge in [-0.3, -0.25) is 4.79 Å². The van der Waals surface area contributed by atoms with Gasteiger partial charge in [-0.1, -0.05) is 29.8 Å². The highest BCUT2D eigenvalue weighted by Crippen LogP contribution is 2.34. The molecule has 1 saturated heterocycles. The van der Waals surface area contributed by atoms with Gasteiger partial charge in [0.15, 0.2) is 0 Å². The molecule has 0 aliphatic carbocycles. The van der Waals surface area contributed by atoms with Gasteiger partial charge in [0.25, 0.3) is 0 Å². The first kappa shape index (κ1) is 18.7. The number of hydrogen-bond acceptors (Lipinski definition) is 3. The highest BCUT2D eigenvalue weighted by Gasteiger charge is 2.24. The molecule has 26 heavy (non-hydrogen) atoms. The van der Waals surface area contributed by atoms with E-state index in [2.05, 4.69) is 41.2 Å². The van der Waals surface area contributed by atoms with E-state index < -0.39 is 0 Å². The number of likely N-dealkylation sites (tertiary alicyclic amines) is 1. The topological polar surface area (TPSA) is 35.6 Å². The molecule has 0 saturated carbocycles. The van der Waals surface area contributed by atoms with E-state index in [9.17, 15) is 4.79 Å². The van der Waals surface area contributed by atoms with E-state index in [0.717, 1.165) is 49.5 Å². The Morgan fingerprint density at radius 2 is 1.88 bits per heavy atom. The standard InChI is InChI=1S/C21H26ClN3O/c1-3-25(18-7-5-4-6-8-18)20-10-9-17(22)15-19(20)23-21(26)16-11-13-24(2)14-12-16/h4-10,15-16H,3,11-14H2,1-2H3,(H,23,26). The summed E-state index contributed by atoms with van der Waals surface area (Å²) in [5.74, 6) is 0.149. The number of carbonyl (C=O) groups is 1. The molecule has 0 atom stereocenters. The van der Waals surface area contributed by atoms with Crippen molar-refractivity contribution in [2.45, 2.75) is 19.8 Å². The fraction of sp³-hybridized carbons (Fsp3) is 0.381. The Hall–Kier alpha value is -2.04. The smallest absolute Gasteiger partial charge is 0.227 e. The maximum absolute atomic E-state index is 12.8. The van der Waals surface area contributed by atoms with E-state index in [1.807, 2.05) is 36.4 Å². The maximum atomic E-state index is 12.8. The number of anilines is 3. The van der Waals surface area contributed by atoms with E-state index in [-0.39, 0.29) is 11.8 Å². The van der Waals surface area contributed by atoms with Gasteiger partial charge in [0, 0.05) is 23.2 Å². The first-order valence-electron chi connectivity index (χ1n) is 9.20. The summed E-state index contributed by atoms with van der Waals surface area (Å²) in [5.41, 5.74) is 2.82. The van der Waals surface area contributed by atoms with E-state index in [0.29, 0.717) is 5.02 Å². The Bertz CT molecular complexity index is 742. The molecular formula is C21H26ClN3O. The first-order valence-corrected chi connectivity index (χ1v) is 9.58. The lowest BCUT2D eigenvalue weighted by molar-refractivity contribution is -0.121.